The maximum absolute atomic E-state index is 12.7. The second kappa shape index (κ2) is 4.14. The van der Waals surface area contributed by atoms with Gasteiger partial charge in [0.05, 0.1) is 4.75 Å². The molecule has 0 saturated heterocycles. The van der Waals surface area contributed by atoms with Crippen molar-refractivity contribution in [1.82, 2.24) is 0 Å². The van der Waals surface area contributed by atoms with Gasteiger partial charge in [-0.15, -0.1) is 10.5 Å². The van der Waals surface area contributed by atoms with Crippen LogP contribution in [-0.2, 0) is 4.79 Å². The average molecular weight is 227 g/mol. The second-order valence-electron chi connectivity index (χ2n) is 3.72. The molecule has 1 aromatic rings. The highest BCUT2D eigenvalue weighted by atomic mass is 32.2. The van der Waals surface area contributed by atoms with Crippen molar-refractivity contribution in [3.05, 3.63) is 30.1 Å². The molecule has 0 fully saturated rings. The molecule has 1 atom stereocenters. The van der Waals surface area contributed by atoms with Crippen LogP contribution < -0.4 is 5.73 Å². The van der Waals surface area contributed by atoms with Crippen molar-refractivity contribution in [2.75, 3.05) is 0 Å². The summed E-state index contributed by atoms with van der Waals surface area (Å²) in [5.41, 5.74) is 5.29. The van der Waals surface area contributed by atoms with E-state index in [9.17, 15) is 9.18 Å². The van der Waals surface area contributed by atoms with Crippen molar-refractivity contribution in [3.63, 3.8) is 0 Å². The van der Waals surface area contributed by atoms with Crippen molar-refractivity contribution in [2.24, 2.45) is 5.73 Å². The van der Waals surface area contributed by atoms with Crippen molar-refractivity contribution in [2.45, 2.75) is 23.5 Å². The number of carbonyl (C=O) groups is 1. The molecule has 1 unspecified atom stereocenters. The third kappa shape index (κ3) is 2.45. The Hall–Kier alpha value is -1.16. The minimum Gasteiger partial charge on any atom is -0.368 e. The molecule has 0 saturated carbocycles. The van der Waals surface area contributed by atoms with Crippen LogP contribution in [0.4, 0.5) is 4.39 Å². The molecule has 0 aliphatic carbocycles. The molecule has 4 heteroatoms. The lowest BCUT2D eigenvalue weighted by Gasteiger charge is -2.24. The minimum absolute atomic E-state index is 0.298. The molecule has 1 aromatic carbocycles. The first-order valence-corrected chi connectivity index (χ1v) is 5.84. The van der Waals surface area contributed by atoms with Gasteiger partial charge >= 0.3 is 0 Å². The van der Waals surface area contributed by atoms with E-state index >= 15 is 0 Å². The highest BCUT2D eigenvalue weighted by molar-refractivity contribution is 8.15. The summed E-state index contributed by atoms with van der Waals surface area (Å²) in [5, 5.41) is 0. The number of halogens is 1. The normalized spacial score (nSPS) is 13.5. The first kappa shape index (κ1) is 11.9. The lowest BCUT2D eigenvalue weighted by molar-refractivity contribution is -0.119. The molecular formula is C11H14FNOS. The van der Waals surface area contributed by atoms with Crippen LogP contribution in [0.15, 0.2) is 29.2 Å². The van der Waals surface area contributed by atoms with Crippen LogP contribution in [0.3, 0.4) is 0 Å². The number of hydrogen-bond acceptors (Lipinski definition) is 1. The molecule has 82 valence electrons. The minimum atomic E-state index is -0.710. The van der Waals surface area contributed by atoms with Crippen LogP contribution in [-0.4, -0.2) is 16.5 Å². The van der Waals surface area contributed by atoms with Crippen molar-refractivity contribution in [3.8, 4) is 0 Å². The van der Waals surface area contributed by atoms with E-state index in [1.54, 1.807) is 26.0 Å². The molecule has 2 N–H and O–H groups in total. The Morgan fingerprint density at radius 3 is 2.27 bits per heavy atom. The molecule has 0 heterocycles. The smallest absolute Gasteiger partial charge is 0.232 e. The number of nitrogens with two attached hydrogens (primary N) is 1. The maximum atomic E-state index is 12.7. The van der Waals surface area contributed by atoms with Gasteiger partial charge in [0.25, 0.3) is 0 Å². The van der Waals surface area contributed by atoms with Gasteiger partial charge in [-0.1, -0.05) is 5.87 Å². The molecule has 0 radical (unpaired) electrons. The van der Waals surface area contributed by atoms with E-state index in [0.29, 0.717) is 0 Å². The molecule has 1 rings (SSSR count). The summed E-state index contributed by atoms with van der Waals surface area (Å²) in [7, 11) is -0.573. The van der Waals surface area contributed by atoms with Crippen LogP contribution in [0.2, 0.25) is 0 Å². The van der Waals surface area contributed by atoms with E-state index in [2.05, 4.69) is 5.87 Å². The summed E-state index contributed by atoms with van der Waals surface area (Å²) in [6.07, 6.45) is 0. The van der Waals surface area contributed by atoms with Crippen LogP contribution in [0, 0.1) is 5.82 Å². The Labute approximate surface area is 91.2 Å². The van der Waals surface area contributed by atoms with Gasteiger partial charge in [-0.25, -0.2) is 4.39 Å². The summed E-state index contributed by atoms with van der Waals surface area (Å²) >= 11 is 0. The van der Waals surface area contributed by atoms with Crippen LogP contribution in [0.1, 0.15) is 13.8 Å². The Morgan fingerprint density at radius 2 is 1.87 bits per heavy atom. The lowest BCUT2D eigenvalue weighted by atomic mass is 10.2. The van der Waals surface area contributed by atoms with Gasteiger partial charge in [-0.2, -0.15) is 0 Å². The number of amides is 1. The van der Waals surface area contributed by atoms with Crippen LogP contribution in [0.5, 0.6) is 0 Å². The second-order valence-corrected chi connectivity index (χ2v) is 5.99. The number of rotatable bonds is 3. The molecule has 0 aromatic heterocycles. The number of benzene rings is 1. The summed E-state index contributed by atoms with van der Waals surface area (Å²) in [5.74, 6) is 3.24. The fourth-order valence-electron chi connectivity index (χ4n) is 1.01. The summed E-state index contributed by atoms with van der Waals surface area (Å²) in [6, 6.07) is 5.99. The zero-order valence-electron chi connectivity index (χ0n) is 8.79. The third-order valence-corrected chi connectivity index (χ3v) is 4.58. The molecule has 0 bridgehead atoms. The van der Waals surface area contributed by atoms with Gasteiger partial charge < -0.3 is 5.73 Å². The lowest BCUT2D eigenvalue weighted by Crippen LogP contribution is -2.36. The Kier molecular flexibility index (Phi) is 3.29. The van der Waals surface area contributed by atoms with Crippen molar-refractivity contribution in [1.29, 1.82) is 0 Å². The van der Waals surface area contributed by atoms with Gasteiger partial charge in [0.2, 0.25) is 5.91 Å². The molecule has 2 nitrogen and oxygen atoms in total. The topological polar surface area (TPSA) is 43.1 Å². The number of hydrogen-bond donors (Lipinski definition) is 1. The fraction of sp³-hybridized carbons (Fsp3) is 0.273. The van der Waals surface area contributed by atoms with E-state index in [4.69, 9.17) is 5.73 Å². The highest BCUT2D eigenvalue weighted by Crippen LogP contribution is 2.37. The maximum Gasteiger partial charge on any atom is 0.232 e. The van der Waals surface area contributed by atoms with Crippen molar-refractivity contribution < 1.29 is 9.18 Å². The Morgan fingerprint density at radius 1 is 1.40 bits per heavy atom. The number of carbonyl (C=O) groups excluding carboxylic acids is 1. The number of primary amides is 1. The average Bonchev–Trinajstić information content (AvgIpc) is 2.17. The van der Waals surface area contributed by atoms with Gasteiger partial charge in [-0.05, 0) is 38.1 Å². The molecule has 0 aliphatic rings. The zero-order valence-corrected chi connectivity index (χ0v) is 9.60. The Bertz CT molecular complexity index is 398. The fourth-order valence-corrected chi connectivity index (χ4v) is 2.31. The Balaban J connectivity index is 3.05. The van der Waals surface area contributed by atoms with E-state index in [-0.39, 0.29) is 5.82 Å². The highest BCUT2D eigenvalue weighted by Gasteiger charge is 2.28. The van der Waals surface area contributed by atoms with Crippen LogP contribution in [0.25, 0.3) is 0 Å². The van der Waals surface area contributed by atoms with Gasteiger partial charge in [0.15, 0.2) is 0 Å². The summed E-state index contributed by atoms with van der Waals surface area (Å²) < 4.78 is 12.0. The predicted octanol–water partition coefficient (Wildman–Crippen LogP) is 2.15. The SMILES string of the molecule is C=S(c1ccc(F)cc1)C(C)(C)C(N)=O. The van der Waals surface area contributed by atoms with E-state index in [1.807, 2.05) is 0 Å². The largest absolute Gasteiger partial charge is 0.368 e. The summed E-state index contributed by atoms with van der Waals surface area (Å²) in [6.45, 7) is 3.49. The van der Waals surface area contributed by atoms with E-state index < -0.39 is 21.1 Å². The van der Waals surface area contributed by atoms with Gasteiger partial charge in [-0.3, -0.25) is 4.79 Å². The van der Waals surface area contributed by atoms with Crippen LogP contribution >= 0.6 is 10.5 Å². The predicted molar refractivity (Wildman–Crippen MR) is 62.7 cm³/mol. The summed E-state index contributed by atoms with van der Waals surface area (Å²) in [4.78, 5) is 12.1. The molecule has 0 aliphatic heterocycles. The van der Waals surface area contributed by atoms with E-state index in [0.717, 1.165) is 4.90 Å². The monoisotopic (exact) mass is 227 g/mol. The first-order valence-electron chi connectivity index (χ1n) is 4.45. The molecule has 1 amide bonds. The molecule has 0 spiro atoms. The van der Waals surface area contributed by atoms with Gasteiger partial charge in [0, 0.05) is 4.90 Å². The van der Waals surface area contributed by atoms with Gasteiger partial charge in [0.1, 0.15) is 5.82 Å². The molecule has 15 heavy (non-hydrogen) atoms. The molecular weight excluding hydrogens is 213 g/mol. The standard InChI is InChI=1S/C11H14FNOS/c1-11(2,10(13)14)15(3)9-6-4-8(12)5-7-9/h4-7H,3H2,1-2H3,(H2,13,14). The quantitative estimate of drug-likeness (QED) is 0.790. The first-order chi connectivity index (χ1) is 6.85. The van der Waals surface area contributed by atoms with E-state index in [1.165, 1.54) is 12.1 Å². The third-order valence-electron chi connectivity index (χ3n) is 2.31. The zero-order chi connectivity index (χ0) is 11.6. The van der Waals surface area contributed by atoms with Crippen molar-refractivity contribution >= 4 is 22.3 Å².